The third-order valence-corrected chi connectivity index (χ3v) is 2.12. The van der Waals surface area contributed by atoms with Gasteiger partial charge in [0.25, 0.3) is 0 Å². The molecular weight excluding hydrogens is 192 g/mol. The molecule has 1 aromatic carbocycles. The van der Waals surface area contributed by atoms with Gasteiger partial charge in [0.05, 0.1) is 13.2 Å². The molecule has 84 valence electrons. The number of aliphatic hydroxyl groups is 1. The van der Waals surface area contributed by atoms with E-state index < -0.39 is 5.79 Å². The van der Waals surface area contributed by atoms with Crippen LogP contribution in [0.5, 0.6) is 0 Å². The van der Waals surface area contributed by atoms with E-state index in [0.29, 0.717) is 19.8 Å². The third kappa shape index (κ3) is 4.00. The second-order valence-corrected chi connectivity index (χ2v) is 3.39. The van der Waals surface area contributed by atoms with E-state index in [1.807, 2.05) is 37.3 Å². The molecule has 0 saturated carbocycles. The van der Waals surface area contributed by atoms with Gasteiger partial charge in [-0.1, -0.05) is 30.3 Å². The Balaban J connectivity index is 2.45. The Kier molecular flexibility index (Phi) is 4.75. The standard InChI is InChI=1S/C12H18O3/c1-3-14-9-10-15-12(2,13)11-7-5-4-6-8-11/h4-8,13H,3,9-10H2,1-2H3. The van der Waals surface area contributed by atoms with Crippen molar-refractivity contribution in [3.8, 4) is 0 Å². The van der Waals surface area contributed by atoms with Crippen molar-refractivity contribution in [3.05, 3.63) is 35.9 Å². The molecule has 1 atom stereocenters. The largest absolute Gasteiger partial charge is 0.379 e. The summed E-state index contributed by atoms with van der Waals surface area (Å²) in [6, 6.07) is 9.31. The molecule has 0 aliphatic rings. The fourth-order valence-corrected chi connectivity index (χ4v) is 1.27. The number of hydrogen-bond donors (Lipinski definition) is 1. The van der Waals surface area contributed by atoms with E-state index in [2.05, 4.69) is 0 Å². The Morgan fingerprint density at radius 2 is 1.87 bits per heavy atom. The van der Waals surface area contributed by atoms with Crippen molar-refractivity contribution in [2.45, 2.75) is 19.6 Å². The summed E-state index contributed by atoms with van der Waals surface area (Å²) in [6.45, 7) is 5.11. The molecule has 0 aliphatic heterocycles. The molecule has 3 heteroatoms. The first-order valence-corrected chi connectivity index (χ1v) is 5.16. The topological polar surface area (TPSA) is 38.7 Å². The summed E-state index contributed by atoms with van der Waals surface area (Å²) in [4.78, 5) is 0. The van der Waals surface area contributed by atoms with Crippen LogP contribution in [0.1, 0.15) is 19.4 Å². The first-order chi connectivity index (χ1) is 7.17. The fourth-order valence-electron chi connectivity index (χ4n) is 1.27. The summed E-state index contributed by atoms with van der Waals surface area (Å²) < 4.78 is 10.5. The van der Waals surface area contributed by atoms with E-state index in [9.17, 15) is 5.11 Å². The van der Waals surface area contributed by atoms with Gasteiger partial charge >= 0.3 is 0 Å². The van der Waals surface area contributed by atoms with Crippen LogP contribution in [0.15, 0.2) is 30.3 Å². The molecule has 3 nitrogen and oxygen atoms in total. The summed E-state index contributed by atoms with van der Waals surface area (Å²) in [5.41, 5.74) is 0.751. The second-order valence-electron chi connectivity index (χ2n) is 3.39. The molecule has 0 spiro atoms. The van der Waals surface area contributed by atoms with Crippen LogP contribution < -0.4 is 0 Å². The van der Waals surface area contributed by atoms with E-state index in [1.165, 1.54) is 0 Å². The predicted octanol–water partition coefficient (Wildman–Crippen LogP) is 1.90. The van der Waals surface area contributed by atoms with E-state index >= 15 is 0 Å². The Labute approximate surface area is 90.6 Å². The van der Waals surface area contributed by atoms with Crippen molar-refractivity contribution < 1.29 is 14.6 Å². The SMILES string of the molecule is CCOCCOC(C)(O)c1ccccc1. The number of ether oxygens (including phenoxy) is 2. The Hall–Kier alpha value is -0.900. The first kappa shape index (κ1) is 12.2. The lowest BCUT2D eigenvalue weighted by atomic mass is 10.1. The summed E-state index contributed by atoms with van der Waals surface area (Å²) in [6.07, 6.45) is 0. The van der Waals surface area contributed by atoms with Crippen molar-refractivity contribution in [2.24, 2.45) is 0 Å². The van der Waals surface area contributed by atoms with Crippen molar-refractivity contribution in [1.29, 1.82) is 0 Å². The monoisotopic (exact) mass is 210 g/mol. The molecule has 0 fully saturated rings. The molecule has 0 aliphatic carbocycles. The van der Waals surface area contributed by atoms with Gasteiger partial charge < -0.3 is 14.6 Å². The second kappa shape index (κ2) is 5.85. The fraction of sp³-hybridized carbons (Fsp3) is 0.500. The predicted molar refractivity (Wildman–Crippen MR) is 58.5 cm³/mol. The van der Waals surface area contributed by atoms with Crippen LogP contribution in [0.2, 0.25) is 0 Å². The molecule has 0 saturated heterocycles. The molecule has 1 rings (SSSR count). The highest BCUT2D eigenvalue weighted by atomic mass is 16.6. The molecular formula is C12H18O3. The zero-order valence-corrected chi connectivity index (χ0v) is 9.27. The first-order valence-electron chi connectivity index (χ1n) is 5.16. The molecule has 1 unspecified atom stereocenters. The van der Waals surface area contributed by atoms with Crippen LogP contribution >= 0.6 is 0 Å². The summed E-state index contributed by atoms with van der Waals surface area (Å²) >= 11 is 0. The maximum atomic E-state index is 10.0. The van der Waals surface area contributed by atoms with Crippen LogP contribution in [0, 0.1) is 0 Å². The van der Waals surface area contributed by atoms with Gasteiger partial charge in [-0.3, -0.25) is 0 Å². The average Bonchev–Trinajstić information content (AvgIpc) is 2.26. The molecule has 1 aromatic rings. The van der Waals surface area contributed by atoms with Gasteiger partial charge in [-0.05, 0) is 13.8 Å². The smallest absolute Gasteiger partial charge is 0.189 e. The van der Waals surface area contributed by atoms with Gasteiger partial charge in [-0.15, -0.1) is 0 Å². The molecule has 1 N–H and O–H groups in total. The van der Waals surface area contributed by atoms with Gasteiger partial charge in [0.1, 0.15) is 0 Å². The summed E-state index contributed by atoms with van der Waals surface area (Å²) in [7, 11) is 0. The van der Waals surface area contributed by atoms with Crippen LogP contribution in [0.25, 0.3) is 0 Å². The molecule has 0 radical (unpaired) electrons. The molecule has 0 heterocycles. The van der Waals surface area contributed by atoms with E-state index in [-0.39, 0.29) is 0 Å². The molecule has 0 aromatic heterocycles. The van der Waals surface area contributed by atoms with Crippen LogP contribution in [0.4, 0.5) is 0 Å². The van der Waals surface area contributed by atoms with Crippen molar-refractivity contribution in [2.75, 3.05) is 19.8 Å². The maximum Gasteiger partial charge on any atom is 0.189 e. The maximum absolute atomic E-state index is 10.0. The lowest BCUT2D eigenvalue weighted by Gasteiger charge is -2.24. The lowest BCUT2D eigenvalue weighted by Crippen LogP contribution is -2.27. The Morgan fingerprint density at radius 1 is 1.20 bits per heavy atom. The van der Waals surface area contributed by atoms with Gasteiger partial charge in [0.15, 0.2) is 5.79 Å². The minimum absolute atomic E-state index is 0.385. The lowest BCUT2D eigenvalue weighted by molar-refractivity contribution is -0.204. The molecule has 0 amide bonds. The minimum atomic E-state index is -1.24. The highest BCUT2D eigenvalue weighted by Crippen LogP contribution is 2.21. The number of benzene rings is 1. The average molecular weight is 210 g/mol. The number of rotatable bonds is 6. The summed E-state index contributed by atoms with van der Waals surface area (Å²) in [5.74, 6) is -1.24. The zero-order chi connectivity index (χ0) is 11.1. The van der Waals surface area contributed by atoms with Gasteiger partial charge in [-0.25, -0.2) is 0 Å². The quantitative estimate of drug-likeness (QED) is 0.575. The molecule has 0 bridgehead atoms. The van der Waals surface area contributed by atoms with Crippen LogP contribution in [-0.2, 0) is 15.3 Å². The van der Waals surface area contributed by atoms with Crippen molar-refractivity contribution in [1.82, 2.24) is 0 Å². The Bertz CT molecular complexity index is 269. The highest BCUT2D eigenvalue weighted by Gasteiger charge is 2.22. The highest BCUT2D eigenvalue weighted by molar-refractivity contribution is 5.18. The van der Waals surface area contributed by atoms with E-state index in [0.717, 1.165) is 5.56 Å². The van der Waals surface area contributed by atoms with Crippen molar-refractivity contribution >= 4 is 0 Å². The van der Waals surface area contributed by atoms with Gasteiger partial charge in [0, 0.05) is 12.2 Å². The zero-order valence-electron chi connectivity index (χ0n) is 9.27. The van der Waals surface area contributed by atoms with Gasteiger partial charge in [-0.2, -0.15) is 0 Å². The minimum Gasteiger partial charge on any atom is -0.379 e. The van der Waals surface area contributed by atoms with Crippen LogP contribution in [0.3, 0.4) is 0 Å². The van der Waals surface area contributed by atoms with Gasteiger partial charge in [0.2, 0.25) is 0 Å². The Morgan fingerprint density at radius 3 is 2.47 bits per heavy atom. The third-order valence-electron chi connectivity index (χ3n) is 2.12. The summed E-state index contributed by atoms with van der Waals surface area (Å²) in [5, 5.41) is 10.0. The molecule has 15 heavy (non-hydrogen) atoms. The van der Waals surface area contributed by atoms with Crippen molar-refractivity contribution in [3.63, 3.8) is 0 Å². The van der Waals surface area contributed by atoms with E-state index in [1.54, 1.807) is 6.92 Å². The van der Waals surface area contributed by atoms with E-state index in [4.69, 9.17) is 9.47 Å². The number of hydrogen-bond acceptors (Lipinski definition) is 3. The van der Waals surface area contributed by atoms with Crippen LogP contribution in [-0.4, -0.2) is 24.9 Å². The normalized spacial score (nSPS) is 14.9.